The van der Waals surface area contributed by atoms with Crippen molar-refractivity contribution < 1.29 is 8.42 Å². The van der Waals surface area contributed by atoms with E-state index in [0.29, 0.717) is 11.4 Å². The lowest BCUT2D eigenvalue weighted by atomic mass is 10.3. The van der Waals surface area contributed by atoms with Gasteiger partial charge in [0.25, 0.3) is 0 Å². The minimum atomic E-state index is -3.58. The fraction of sp³-hybridized carbons (Fsp3) is 0.538. The number of hydrogen-bond donors (Lipinski definition) is 1. The molecule has 2 aromatic heterocycles. The van der Waals surface area contributed by atoms with Gasteiger partial charge in [0, 0.05) is 31.9 Å². The smallest absolute Gasteiger partial charge is 0.244 e. The first-order valence-electron chi connectivity index (χ1n) is 6.79. The van der Waals surface area contributed by atoms with E-state index in [0.717, 1.165) is 17.8 Å². The van der Waals surface area contributed by atoms with Gasteiger partial charge in [0.05, 0.1) is 17.1 Å². The standard InChI is InChI=1S/C13H21N5O2S/c1-6-18-8-12(9(2)16-18)7-14-21(19,20)13-10(3)15-17(5)11(13)4/h8,14H,6-7H2,1-5H3. The second-order valence-corrected chi connectivity index (χ2v) is 6.75. The molecule has 0 bridgehead atoms. The maximum absolute atomic E-state index is 12.5. The Hall–Kier alpha value is -1.67. The molecule has 0 atom stereocenters. The Bertz CT molecular complexity index is 758. The molecule has 0 spiro atoms. The Morgan fingerprint density at radius 1 is 1.19 bits per heavy atom. The quantitative estimate of drug-likeness (QED) is 0.894. The first kappa shape index (κ1) is 15.7. The largest absolute Gasteiger partial charge is 0.272 e. The van der Waals surface area contributed by atoms with Crippen molar-refractivity contribution in [3.05, 3.63) is 28.8 Å². The van der Waals surface area contributed by atoms with Crippen LogP contribution >= 0.6 is 0 Å². The molecule has 0 saturated carbocycles. The van der Waals surface area contributed by atoms with Crippen LogP contribution in [0.25, 0.3) is 0 Å². The molecule has 7 nitrogen and oxygen atoms in total. The van der Waals surface area contributed by atoms with Crippen molar-refractivity contribution in [2.75, 3.05) is 0 Å². The molecule has 2 aromatic rings. The first-order valence-corrected chi connectivity index (χ1v) is 8.27. The maximum atomic E-state index is 12.5. The summed E-state index contributed by atoms with van der Waals surface area (Å²) in [6.45, 7) is 8.28. The van der Waals surface area contributed by atoms with Gasteiger partial charge in [0.2, 0.25) is 10.0 Å². The molecule has 0 aliphatic heterocycles. The van der Waals surface area contributed by atoms with Gasteiger partial charge in [0.15, 0.2) is 0 Å². The second kappa shape index (κ2) is 5.61. The number of nitrogens with zero attached hydrogens (tertiary/aromatic N) is 4. The van der Waals surface area contributed by atoms with Gasteiger partial charge in [0.1, 0.15) is 4.90 Å². The summed E-state index contributed by atoms with van der Waals surface area (Å²) >= 11 is 0. The lowest BCUT2D eigenvalue weighted by Gasteiger charge is -2.06. The van der Waals surface area contributed by atoms with Crippen molar-refractivity contribution in [3.63, 3.8) is 0 Å². The predicted octanol–water partition coefficient (Wildman–Crippen LogP) is 1.04. The molecule has 0 aromatic carbocycles. The fourth-order valence-corrected chi connectivity index (χ4v) is 3.72. The summed E-state index contributed by atoms with van der Waals surface area (Å²) in [6.07, 6.45) is 1.86. The Balaban J connectivity index is 2.24. The fourth-order valence-electron chi connectivity index (χ4n) is 2.28. The van der Waals surface area contributed by atoms with Crippen LogP contribution in [0.3, 0.4) is 0 Å². The highest BCUT2D eigenvalue weighted by molar-refractivity contribution is 7.89. The molecule has 0 amide bonds. The van der Waals surface area contributed by atoms with Crippen LogP contribution in [0, 0.1) is 20.8 Å². The molecule has 8 heteroatoms. The van der Waals surface area contributed by atoms with Crippen molar-refractivity contribution in [3.8, 4) is 0 Å². The summed E-state index contributed by atoms with van der Waals surface area (Å²) in [4.78, 5) is 0.255. The summed E-state index contributed by atoms with van der Waals surface area (Å²) in [6, 6.07) is 0. The van der Waals surface area contributed by atoms with Gasteiger partial charge < -0.3 is 0 Å². The predicted molar refractivity (Wildman–Crippen MR) is 79.3 cm³/mol. The molecule has 2 rings (SSSR count). The van der Waals surface area contributed by atoms with Crippen LogP contribution in [0.1, 0.15) is 29.6 Å². The SMILES string of the molecule is CCn1cc(CNS(=O)(=O)c2c(C)nn(C)c2C)c(C)n1. The van der Waals surface area contributed by atoms with Gasteiger partial charge in [-0.3, -0.25) is 9.36 Å². The highest BCUT2D eigenvalue weighted by Gasteiger charge is 2.23. The molecule has 21 heavy (non-hydrogen) atoms. The van der Waals surface area contributed by atoms with Gasteiger partial charge >= 0.3 is 0 Å². The van der Waals surface area contributed by atoms with E-state index in [4.69, 9.17) is 0 Å². The van der Waals surface area contributed by atoms with Crippen LogP contribution in [0.15, 0.2) is 11.1 Å². The molecule has 2 heterocycles. The minimum absolute atomic E-state index is 0.224. The van der Waals surface area contributed by atoms with E-state index in [9.17, 15) is 8.42 Å². The molecular weight excluding hydrogens is 290 g/mol. The van der Waals surface area contributed by atoms with Crippen molar-refractivity contribution >= 4 is 10.0 Å². The summed E-state index contributed by atoms with van der Waals surface area (Å²) < 4.78 is 30.9. The molecule has 0 radical (unpaired) electrons. The first-order chi connectivity index (χ1) is 9.76. The topological polar surface area (TPSA) is 81.8 Å². The van der Waals surface area contributed by atoms with Gasteiger partial charge in [-0.2, -0.15) is 10.2 Å². The highest BCUT2D eigenvalue weighted by Crippen LogP contribution is 2.18. The van der Waals surface area contributed by atoms with Crippen LogP contribution in [0.2, 0.25) is 0 Å². The lowest BCUT2D eigenvalue weighted by Crippen LogP contribution is -2.24. The van der Waals surface area contributed by atoms with Crippen molar-refractivity contribution in [2.24, 2.45) is 7.05 Å². The summed E-state index contributed by atoms with van der Waals surface area (Å²) in [5, 5.41) is 8.45. The molecule has 116 valence electrons. The van der Waals surface area contributed by atoms with Gasteiger partial charge in [-0.1, -0.05) is 0 Å². The third kappa shape index (κ3) is 3.01. The Morgan fingerprint density at radius 3 is 2.33 bits per heavy atom. The zero-order valence-electron chi connectivity index (χ0n) is 13.0. The summed E-state index contributed by atoms with van der Waals surface area (Å²) in [5.74, 6) is 0. The van der Waals surface area contributed by atoms with Crippen molar-refractivity contribution in [2.45, 2.75) is 45.7 Å². The Morgan fingerprint density at radius 2 is 1.86 bits per heavy atom. The zero-order chi connectivity index (χ0) is 15.8. The number of rotatable bonds is 5. The summed E-state index contributed by atoms with van der Waals surface area (Å²) in [5.41, 5.74) is 2.84. The normalized spacial score (nSPS) is 12.0. The van der Waals surface area contributed by atoms with E-state index in [1.54, 1.807) is 30.3 Å². The molecule has 0 saturated heterocycles. The number of aromatic nitrogens is 4. The van der Waals surface area contributed by atoms with E-state index in [2.05, 4.69) is 14.9 Å². The Labute approximate surface area is 125 Å². The van der Waals surface area contributed by atoms with Gasteiger partial charge in [-0.15, -0.1) is 0 Å². The minimum Gasteiger partial charge on any atom is -0.272 e. The number of hydrogen-bond acceptors (Lipinski definition) is 4. The van der Waals surface area contributed by atoms with Crippen LogP contribution < -0.4 is 4.72 Å². The summed E-state index contributed by atoms with van der Waals surface area (Å²) in [7, 11) is -1.85. The zero-order valence-corrected chi connectivity index (χ0v) is 13.8. The van der Waals surface area contributed by atoms with Crippen LogP contribution in [-0.4, -0.2) is 28.0 Å². The third-order valence-electron chi connectivity index (χ3n) is 3.54. The van der Waals surface area contributed by atoms with Gasteiger partial charge in [-0.05, 0) is 27.7 Å². The molecule has 1 N–H and O–H groups in total. The highest BCUT2D eigenvalue weighted by atomic mass is 32.2. The van der Waals surface area contributed by atoms with E-state index in [-0.39, 0.29) is 11.4 Å². The van der Waals surface area contributed by atoms with Crippen LogP contribution in [-0.2, 0) is 30.2 Å². The van der Waals surface area contributed by atoms with E-state index < -0.39 is 10.0 Å². The van der Waals surface area contributed by atoms with Gasteiger partial charge in [-0.25, -0.2) is 13.1 Å². The molecule has 0 aliphatic carbocycles. The molecule has 0 aliphatic rings. The third-order valence-corrected chi connectivity index (χ3v) is 5.19. The monoisotopic (exact) mass is 311 g/mol. The van der Waals surface area contributed by atoms with Crippen LogP contribution in [0.5, 0.6) is 0 Å². The average molecular weight is 311 g/mol. The molecule has 0 unspecified atom stereocenters. The van der Waals surface area contributed by atoms with E-state index in [1.165, 1.54) is 0 Å². The van der Waals surface area contributed by atoms with E-state index in [1.807, 2.05) is 20.0 Å². The molecule has 0 fully saturated rings. The van der Waals surface area contributed by atoms with Crippen molar-refractivity contribution in [1.82, 2.24) is 24.3 Å². The van der Waals surface area contributed by atoms with Crippen molar-refractivity contribution in [1.29, 1.82) is 0 Å². The Kier molecular flexibility index (Phi) is 4.20. The number of sulfonamides is 1. The molecular formula is C13H21N5O2S. The lowest BCUT2D eigenvalue weighted by molar-refractivity contribution is 0.579. The maximum Gasteiger partial charge on any atom is 0.244 e. The van der Waals surface area contributed by atoms with E-state index >= 15 is 0 Å². The second-order valence-electron chi connectivity index (χ2n) is 5.04. The number of nitrogens with one attached hydrogen (secondary N) is 1. The number of aryl methyl sites for hydroxylation is 4. The average Bonchev–Trinajstić information content (AvgIpc) is 2.88. The van der Waals surface area contributed by atoms with Crippen LogP contribution in [0.4, 0.5) is 0 Å².